The van der Waals surface area contributed by atoms with E-state index in [4.69, 9.17) is 23.2 Å². The van der Waals surface area contributed by atoms with E-state index in [0.717, 1.165) is 5.56 Å². The third kappa shape index (κ3) is 4.99. The molecule has 4 heteroatoms. The fraction of sp³-hybridized carbons (Fsp3) is 0.562. The Balaban J connectivity index is 2.59. The summed E-state index contributed by atoms with van der Waals surface area (Å²) in [6.07, 6.45) is 0.965. The first-order valence-electron chi connectivity index (χ1n) is 7.05. The van der Waals surface area contributed by atoms with Crippen molar-refractivity contribution in [1.29, 1.82) is 0 Å². The lowest BCUT2D eigenvalue weighted by Gasteiger charge is -2.26. The van der Waals surface area contributed by atoms with Gasteiger partial charge in [0.1, 0.15) is 0 Å². The zero-order valence-electron chi connectivity index (χ0n) is 12.5. The molecule has 0 aromatic heterocycles. The van der Waals surface area contributed by atoms with Crippen molar-refractivity contribution in [3.63, 3.8) is 0 Å². The number of hydrogen-bond donors (Lipinski definition) is 1. The molecule has 2 nitrogen and oxygen atoms in total. The summed E-state index contributed by atoms with van der Waals surface area (Å²) in [6, 6.07) is 5.60. The van der Waals surface area contributed by atoms with Gasteiger partial charge in [0.2, 0.25) is 5.91 Å². The standard InChI is InChI=1S/C16H23Cl2NO/c1-10(2)16(11(3)4)19-15(20)9-8-12-13(17)6-5-7-14(12)18/h5-7,10-11,16H,8-9H2,1-4H3,(H,19,20). The van der Waals surface area contributed by atoms with Crippen LogP contribution in [0.4, 0.5) is 0 Å². The van der Waals surface area contributed by atoms with E-state index < -0.39 is 0 Å². The second-order valence-corrected chi connectivity index (χ2v) is 6.60. The van der Waals surface area contributed by atoms with Crippen LogP contribution < -0.4 is 5.32 Å². The molecule has 20 heavy (non-hydrogen) atoms. The normalized spacial score (nSPS) is 11.4. The van der Waals surface area contributed by atoms with Gasteiger partial charge in [-0.2, -0.15) is 0 Å². The van der Waals surface area contributed by atoms with Gasteiger partial charge in [-0.05, 0) is 36.0 Å². The zero-order valence-corrected chi connectivity index (χ0v) is 14.1. The molecule has 1 aromatic carbocycles. The Morgan fingerprint density at radius 1 is 1.10 bits per heavy atom. The van der Waals surface area contributed by atoms with Crippen LogP contribution in [-0.4, -0.2) is 11.9 Å². The van der Waals surface area contributed by atoms with Gasteiger partial charge in [-0.3, -0.25) is 4.79 Å². The van der Waals surface area contributed by atoms with Crippen molar-refractivity contribution >= 4 is 29.1 Å². The second kappa shape index (κ2) is 7.90. The van der Waals surface area contributed by atoms with E-state index in [1.807, 2.05) is 6.07 Å². The summed E-state index contributed by atoms with van der Waals surface area (Å²) in [4.78, 5) is 12.1. The number of nitrogens with one attached hydrogen (secondary N) is 1. The lowest BCUT2D eigenvalue weighted by molar-refractivity contribution is -0.122. The molecule has 0 aliphatic heterocycles. The van der Waals surface area contributed by atoms with Crippen molar-refractivity contribution in [3.8, 4) is 0 Å². The first kappa shape index (κ1) is 17.3. The maximum absolute atomic E-state index is 12.1. The van der Waals surface area contributed by atoms with Gasteiger partial charge in [0.25, 0.3) is 0 Å². The fourth-order valence-corrected chi connectivity index (χ4v) is 2.96. The quantitative estimate of drug-likeness (QED) is 0.808. The smallest absolute Gasteiger partial charge is 0.220 e. The van der Waals surface area contributed by atoms with E-state index in [1.54, 1.807) is 12.1 Å². The van der Waals surface area contributed by atoms with E-state index in [2.05, 4.69) is 33.0 Å². The van der Waals surface area contributed by atoms with Crippen LogP contribution >= 0.6 is 23.2 Å². The van der Waals surface area contributed by atoms with E-state index in [-0.39, 0.29) is 11.9 Å². The number of rotatable bonds is 6. The maximum Gasteiger partial charge on any atom is 0.220 e. The summed E-state index contributed by atoms with van der Waals surface area (Å²) < 4.78 is 0. The molecule has 1 N–H and O–H groups in total. The fourth-order valence-electron chi connectivity index (χ4n) is 2.37. The third-order valence-electron chi connectivity index (χ3n) is 3.43. The van der Waals surface area contributed by atoms with Crippen LogP contribution in [0.25, 0.3) is 0 Å². The van der Waals surface area contributed by atoms with Crippen molar-refractivity contribution in [2.24, 2.45) is 11.8 Å². The van der Waals surface area contributed by atoms with Crippen molar-refractivity contribution in [2.45, 2.75) is 46.6 Å². The van der Waals surface area contributed by atoms with Crippen LogP contribution in [-0.2, 0) is 11.2 Å². The minimum absolute atomic E-state index is 0.0494. The average molecular weight is 316 g/mol. The minimum atomic E-state index is 0.0494. The van der Waals surface area contributed by atoms with Crippen LogP contribution in [0, 0.1) is 11.8 Å². The number of carbonyl (C=O) groups is 1. The molecular weight excluding hydrogens is 293 g/mol. The zero-order chi connectivity index (χ0) is 15.3. The number of hydrogen-bond acceptors (Lipinski definition) is 1. The molecule has 0 atom stereocenters. The highest BCUT2D eigenvalue weighted by atomic mass is 35.5. The molecule has 1 rings (SSSR count). The Bertz CT molecular complexity index is 430. The molecule has 0 fully saturated rings. The van der Waals surface area contributed by atoms with Gasteiger partial charge in [0.15, 0.2) is 0 Å². The predicted molar refractivity (Wildman–Crippen MR) is 86.4 cm³/mol. The number of halogens is 2. The highest BCUT2D eigenvalue weighted by Crippen LogP contribution is 2.25. The molecular formula is C16H23Cl2NO. The Labute approximate surface area is 131 Å². The highest BCUT2D eigenvalue weighted by Gasteiger charge is 2.19. The molecule has 0 saturated heterocycles. The molecule has 0 aliphatic rings. The summed E-state index contributed by atoms with van der Waals surface area (Å²) >= 11 is 12.2. The molecule has 112 valence electrons. The first-order chi connectivity index (χ1) is 9.32. The SMILES string of the molecule is CC(C)C(NC(=O)CCc1c(Cl)cccc1Cl)C(C)C. The van der Waals surface area contributed by atoms with Crippen LogP contribution in [0.1, 0.15) is 39.7 Å². The van der Waals surface area contributed by atoms with E-state index in [1.165, 1.54) is 0 Å². The molecule has 0 bridgehead atoms. The van der Waals surface area contributed by atoms with Gasteiger partial charge in [-0.15, -0.1) is 0 Å². The Hall–Kier alpha value is -0.730. The van der Waals surface area contributed by atoms with Gasteiger partial charge in [0.05, 0.1) is 0 Å². The van der Waals surface area contributed by atoms with Gasteiger partial charge < -0.3 is 5.32 Å². The van der Waals surface area contributed by atoms with Crippen LogP contribution in [0.15, 0.2) is 18.2 Å². The van der Waals surface area contributed by atoms with Crippen LogP contribution in [0.2, 0.25) is 10.0 Å². The monoisotopic (exact) mass is 315 g/mol. The van der Waals surface area contributed by atoms with Gasteiger partial charge in [0, 0.05) is 22.5 Å². The van der Waals surface area contributed by atoms with E-state index in [0.29, 0.717) is 34.7 Å². The van der Waals surface area contributed by atoms with Gasteiger partial charge in [-0.25, -0.2) is 0 Å². The lowest BCUT2D eigenvalue weighted by Crippen LogP contribution is -2.42. The summed E-state index contributed by atoms with van der Waals surface area (Å²) in [6.45, 7) is 8.48. The lowest BCUT2D eigenvalue weighted by atomic mass is 9.93. The molecule has 0 saturated carbocycles. The maximum atomic E-state index is 12.1. The molecule has 1 aromatic rings. The molecule has 0 aliphatic carbocycles. The second-order valence-electron chi connectivity index (χ2n) is 5.78. The van der Waals surface area contributed by atoms with Crippen LogP contribution in [0.3, 0.4) is 0 Å². The first-order valence-corrected chi connectivity index (χ1v) is 7.80. The van der Waals surface area contributed by atoms with Crippen LogP contribution in [0.5, 0.6) is 0 Å². The Morgan fingerprint density at radius 2 is 1.60 bits per heavy atom. The highest BCUT2D eigenvalue weighted by molar-refractivity contribution is 6.36. The van der Waals surface area contributed by atoms with Crippen molar-refractivity contribution in [3.05, 3.63) is 33.8 Å². The molecule has 0 radical (unpaired) electrons. The molecule has 1 amide bonds. The molecule has 0 heterocycles. The average Bonchev–Trinajstić information content (AvgIpc) is 2.34. The van der Waals surface area contributed by atoms with Crippen molar-refractivity contribution in [1.82, 2.24) is 5.32 Å². The van der Waals surface area contributed by atoms with E-state index >= 15 is 0 Å². The number of carbonyl (C=O) groups excluding carboxylic acids is 1. The van der Waals surface area contributed by atoms with Crippen molar-refractivity contribution < 1.29 is 4.79 Å². The van der Waals surface area contributed by atoms with E-state index in [9.17, 15) is 4.79 Å². The third-order valence-corrected chi connectivity index (χ3v) is 4.14. The Kier molecular flexibility index (Phi) is 6.84. The molecule has 0 unspecified atom stereocenters. The summed E-state index contributed by atoms with van der Waals surface area (Å²) in [7, 11) is 0. The topological polar surface area (TPSA) is 29.1 Å². The number of amides is 1. The summed E-state index contributed by atoms with van der Waals surface area (Å²) in [5.41, 5.74) is 0.844. The van der Waals surface area contributed by atoms with Gasteiger partial charge in [-0.1, -0.05) is 57.0 Å². The predicted octanol–water partition coefficient (Wildman–Crippen LogP) is 4.72. The largest absolute Gasteiger partial charge is 0.353 e. The minimum Gasteiger partial charge on any atom is -0.353 e. The Morgan fingerprint density at radius 3 is 2.05 bits per heavy atom. The summed E-state index contributed by atoms with van der Waals surface area (Å²) in [5, 5.41) is 4.34. The van der Waals surface area contributed by atoms with Crippen molar-refractivity contribution in [2.75, 3.05) is 0 Å². The van der Waals surface area contributed by atoms with Gasteiger partial charge >= 0.3 is 0 Å². The summed E-state index contributed by atoms with van der Waals surface area (Å²) in [5.74, 6) is 0.888. The molecule has 0 spiro atoms. The number of benzene rings is 1.